The predicted molar refractivity (Wildman–Crippen MR) is 167 cm³/mol. The van der Waals surface area contributed by atoms with Crippen molar-refractivity contribution >= 4 is 47.0 Å². The number of halogens is 3. The van der Waals surface area contributed by atoms with Crippen LogP contribution in [0.1, 0.15) is 20.7 Å². The molecule has 2 N–H and O–H groups in total. The Bertz CT molecular complexity index is 1790. The third-order valence-electron chi connectivity index (χ3n) is 6.75. The molecule has 0 fully saturated rings. The molecule has 5 rings (SSSR count). The summed E-state index contributed by atoms with van der Waals surface area (Å²) >= 11 is 12.7. The molecular formula is C33H24Cl2FNO10. The molecule has 3 atom stereocenters. The first-order valence-corrected chi connectivity index (χ1v) is 14.6. The Morgan fingerprint density at radius 2 is 1.45 bits per heavy atom. The van der Waals surface area contributed by atoms with Crippen LogP contribution in [0.15, 0.2) is 96.0 Å². The average Bonchev–Trinajstić information content (AvgIpc) is 3.07. The summed E-state index contributed by atoms with van der Waals surface area (Å²) in [4.78, 5) is 46.7. The van der Waals surface area contributed by atoms with Crippen LogP contribution < -0.4 is 9.47 Å². The zero-order valence-electron chi connectivity index (χ0n) is 24.0. The highest BCUT2D eigenvalue weighted by atomic mass is 35.5. The van der Waals surface area contributed by atoms with E-state index >= 15 is 0 Å². The van der Waals surface area contributed by atoms with Crippen molar-refractivity contribution in [2.75, 3.05) is 13.2 Å². The van der Waals surface area contributed by atoms with Gasteiger partial charge in [-0.3, -0.25) is 0 Å². The average molecular weight is 684 g/mol. The fourth-order valence-corrected chi connectivity index (χ4v) is 5.17. The van der Waals surface area contributed by atoms with Crippen molar-refractivity contribution in [1.82, 2.24) is 0 Å². The number of ether oxygens (including phenoxy) is 4. The highest BCUT2D eigenvalue weighted by molar-refractivity contribution is 6.39. The molecule has 14 heteroatoms. The summed E-state index contributed by atoms with van der Waals surface area (Å²) in [7, 11) is 0. The number of carboxylic acids is 1. The van der Waals surface area contributed by atoms with Gasteiger partial charge >= 0.3 is 17.9 Å². The van der Waals surface area contributed by atoms with E-state index < -0.39 is 47.9 Å². The molecule has 1 aliphatic heterocycles. The van der Waals surface area contributed by atoms with Crippen LogP contribution in [0.4, 0.5) is 4.39 Å². The molecule has 0 amide bonds. The summed E-state index contributed by atoms with van der Waals surface area (Å²) in [6.45, 7) is -0.547. The van der Waals surface area contributed by atoms with Crippen LogP contribution in [0.25, 0.3) is 11.1 Å². The van der Waals surface area contributed by atoms with Crippen LogP contribution in [0.3, 0.4) is 0 Å². The second-order valence-corrected chi connectivity index (χ2v) is 10.7. The van der Waals surface area contributed by atoms with Gasteiger partial charge in [0.25, 0.3) is 5.90 Å². The molecule has 0 aliphatic carbocycles. The van der Waals surface area contributed by atoms with Gasteiger partial charge in [-0.1, -0.05) is 65.7 Å². The van der Waals surface area contributed by atoms with Gasteiger partial charge in [0.1, 0.15) is 12.4 Å². The SMILES string of the molecule is O=C(O[C@H](C(=O)O)[C@H](OC(=O)c1ccccc1)C(=NC[C@H]1COc2cc(F)cc(-c3c(Cl)cccc3Cl)c2O1)OO)c1ccccc1. The van der Waals surface area contributed by atoms with Gasteiger partial charge in [-0.2, -0.15) is 0 Å². The van der Waals surface area contributed by atoms with Gasteiger partial charge in [0.15, 0.2) is 17.6 Å². The van der Waals surface area contributed by atoms with Crippen LogP contribution in [0, 0.1) is 5.82 Å². The summed E-state index contributed by atoms with van der Waals surface area (Å²) in [5, 5.41) is 20.3. The smallest absolute Gasteiger partial charge is 0.349 e. The molecule has 4 aromatic carbocycles. The minimum absolute atomic E-state index is 0.00701. The fraction of sp³-hybridized carbons (Fsp3) is 0.152. The molecule has 0 aromatic heterocycles. The Kier molecular flexibility index (Phi) is 10.6. The van der Waals surface area contributed by atoms with Gasteiger partial charge in [0.05, 0.1) is 27.7 Å². The van der Waals surface area contributed by atoms with Crippen molar-refractivity contribution in [3.63, 3.8) is 0 Å². The maximum Gasteiger partial charge on any atom is 0.349 e. The van der Waals surface area contributed by atoms with E-state index in [0.29, 0.717) is 0 Å². The summed E-state index contributed by atoms with van der Waals surface area (Å²) in [6.07, 6.45) is -5.22. The first kappa shape index (κ1) is 33.2. The minimum atomic E-state index is -2.22. The van der Waals surface area contributed by atoms with Gasteiger partial charge in [0.2, 0.25) is 12.2 Å². The lowest BCUT2D eigenvalue weighted by molar-refractivity contribution is -0.172. The standard InChI is InChI=1S/C33H24Cl2FNO10/c34-23-12-7-13-24(35)26(23)22-14-20(36)15-25-27(22)44-21(17-43-25)16-37-30(47-42)28(45-32(40)18-8-3-1-4-9-18)29(31(38)39)46-33(41)19-10-5-2-6-11-19/h1-15,21,28-29,42H,16-17H2,(H,38,39)/t21-,28-,29-/m0/s1. The van der Waals surface area contributed by atoms with Gasteiger partial charge in [-0.25, -0.2) is 29.0 Å². The van der Waals surface area contributed by atoms with Crippen LogP contribution >= 0.6 is 23.2 Å². The van der Waals surface area contributed by atoms with Crippen molar-refractivity contribution in [3.05, 3.63) is 118 Å². The second kappa shape index (κ2) is 14.9. The second-order valence-electron chi connectivity index (χ2n) is 9.92. The number of esters is 2. The Labute approximate surface area is 276 Å². The van der Waals surface area contributed by atoms with Crippen LogP contribution in [0.2, 0.25) is 10.0 Å². The lowest BCUT2D eigenvalue weighted by Crippen LogP contribution is -2.47. The zero-order valence-corrected chi connectivity index (χ0v) is 25.6. The number of aliphatic carboxylic acids is 1. The van der Waals surface area contributed by atoms with E-state index in [1.165, 1.54) is 42.5 Å². The summed E-state index contributed by atoms with van der Waals surface area (Å²) in [6, 6.07) is 22.0. The number of fused-ring (bicyclic) bond motifs is 1. The van der Waals surface area contributed by atoms with E-state index in [9.17, 15) is 29.1 Å². The van der Waals surface area contributed by atoms with Crippen molar-refractivity contribution < 1.29 is 53.0 Å². The van der Waals surface area contributed by atoms with Gasteiger partial charge in [-0.05, 0) is 42.5 Å². The van der Waals surface area contributed by atoms with E-state index in [0.717, 1.165) is 6.07 Å². The largest absolute Gasteiger partial charge is 0.486 e. The molecule has 0 spiro atoms. The lowest BCUT2D eigenvalue weighted by atomic mass is 10.0. The zero-order chi connectivity index (χ0) is 33.5. The van der Waals surface area contributed by atoms with Gasteiger partial charge < -0.3 is 28.9 Å². The first-order chi connectivity index (χ1) is 22.7. The summed E-state index contributed by atoms with van der Waals surface area (Å²) in [5.74, 6) is -5.15. The van der Waals surface area contributed by atoms with E-state index in [2.05, 4.69) is 9.88 Å². The third-order valence-corrected chi connectivity index (χ3v) is 7.38. The highest BCUT2D eigenvalue weighted by Gasteiger charge is 2.41. The monoisotopic (exact) mass is 683 g/mol. The molecule has 11 nitrogen and oxygen atoms in total. The number of rotatable bonds is 10. The van der Waals surface area contributed by atoms with Crippen LogP contribution in [-0.2, 0) is 19.2 Å². The molecular weight excluding hydrogens is 660 g/mol. The topological polar surface area (TPSA) is 150 Å². The number of hydrogen-bond donors (Lipinski definition) is 2. The van der Waals surface area contributed by atoms with Crippen LogP contribution in [-0.4, -0.2) is 65.6 Å². The number of aliphatic imine (C=N–C) groups is 1. The number of nitrogens with zero attached hydrogens (tertiary/aromatic N) is 1. The molecule has 4 aromatic rings. The van der Waals surface area contributed by atoms with E-state index in [4.69, 9.17) is 42.1 Å². The number of carboxylic acid groups (broad SMARTS) is 1. The van der Waals surface area contributed by atoms with Gasteiger partial charge in [-0.15, -0.1) is 0 Å². The minimum Gasteiger partial charge on any atom is -0.486 e. The molecule has 0 bridgehead atoms. The molecule has 1 heterocycles. The van der Waals surface area contributed by atoms with Crippen molar-refractivity contribution in [1.29, 1.82) is 0 Å². The lowest BCUT2D eigenvalue weighted by Gasteiger charge is -2.28. The fourth-order valence-electron chi connectivity index (χ4n) is 4.57. The molecule has 242 valence electrons. The number of hydrogen-bond acceptors (Lipinski definition) is 10. The molecule has 1 aliphatic rings. The Morgan fingerprint density at radius 3 is 2.00 bits per heavy atom. The highest BCUT2D eigenvalue weighted by Crippen LogP contribution is 2.46. The van der Waals surface area contributed by atoms with E-state index in [1.807, 2.05) is 0 Å². The van der Waals surface area contributed by atoms with E-state index in [-0.39, 0.29) is 56.9 Å². The summed E-state index contributed by atoms with van der Waals surface area (Å²) < 4.78 is 37.0. The molecule has 47 heavy (non-hydrogen) atoms. The number of carbonyl (C=O) groups excluding carboxylic acids is 2. The normalized spacial score (nSPS) is 15.2. The molecule has 0 unspecified atom stereocenters. The van der Waals surface area contributed by atoms with E-state index in [1.54, 1.807) is 42.5 Å². The number of carbonyl (C=O) groups is 3. The van der Waals surface area contributed by atoms with Crippen molar-refractivity contribution in [2.24, 2.45) is 4.99 Å². The Morgan fingerprint density at radius 1 is 0.872 bits per heavy atom. The Balaban J connectivity index is 1.45. The molecule has 0 saturated carbocycles. The maximum absolute atomic E-state index is 14.5. The Hall–Kier alpha value is -5.17. The van der Waals surface area contributed by atoms with Crippen molar-refractivity contribution in [2.45, 2.75) is 18.3 Å². The van der Waals surface area contributed by atoms with Crippen LogP contribution in [0.5, 0.6) is 11.5 Å². The summed E-state index contributed by atoms with van der Waals surface area (Å²) in [5.41, 5.74) is 0.506. The van der Waals surface area contributed by atoms with Gasteiger partial charge in [0, 0.05) is 17.2 Å². The predicted octanol–water partition coefficient (Wildman–Crippen LogP) is 6.36. The first-order valence-electron chi connectivity index (χ1n) is 13.8. The molecule has 0 saturated heterocycles. The molecule has 0 radical (unpaired) electrons. The maximum atomic E-state index is 14.5. The van der Waals surface area contributed by atoms with Crippen molar-refractivity contribution in [3.8, 4) is 22.6 Å². The quantitative estimate of drug-likeness (QED) is 0.0635. The third kappa shape index (κ3) is 7.80. The number of benzene rings is 4.